The predicted molar refractivity (Wildman–Crippen MR) is 173 cm³/mol. The molecule has 1 amide bonds. The number of carbonyl (C=O) groups excluding carboxylic acids is 1. The topological polar surface area (TPSA) is 124 Å². The summed E-state index contributed by atoms with van der Waals surface area (Å²) in [7, 11) is 1.54. The number of carbonyl (C=O) groups is 1. The van der Waals surface area contributed by atoms with Crippen LogP contribution in [-0.2, 0) is 11.3 Å². The molecule has 0 atom stereocenters. The molecule has 0 aliphatic carbocycles. The lowest BCUT2D eigenvalue weighted by atomic mass is 9.89. The van der Waals surface area contributed by atoms with E-state index in [2.05, 4.69) is 4.98 Å². The second-order valence-electron chi connectivity index (χ2n) is 11.9. The van der Waals surface area contributed by atoms with E-state index >= 15 is 8.78 Å². The molecule has 5 rings (SSSR count). The summed E-state index contributed by atoms with van der Waals surface area (Å²) in [6.07, 6.45) is 0.403. The van der Waals surface area contributed by atoms with Gasteiger partial charge in [-0.25, -0.2) is 18.6 Å². The average molecular weight is 668 g/mol. The molecule has 10 nitrogen and oxygen atoms in total. The molecule has 0 saturated heterocycles. The summed E-state index contributed by atoms with van der Waals surface area (Å²) >= 11 is 6.67. The lowest BCUT2D eigenvalue weighted by molar-refractivity contribution is -0.385. The SMILES string of the molecule is COc1ccc(COc2cccc(F)c2-c2c(Cl)cc3c(C4=C(CO)CN(C(=O)OC(C)(C)C)CC4)c([N+](=O)[O-])cnc3c2F)cc1. The van der Waals surface area contributed by atoms with Crippen LogP contribution < -0.4 is 9.47 Å². The molecule has 246 valence electrons. The van der Waals surface area contributed by atoms with E-state index in [4.69, 9.17) is 25.8 Å². The number of aliphatic hydroxyl groups is 1. The number of rotatable bonds is 8. The lowest BCUT2D eigenvalue weighted by Gasteiger charge is -2.32. The van der Waals surface area contributed by atoms with Crippen molar-refractivity contribution in [3.8, 4) is 22.6 Å². The van der Waals surface area contributed by atoms with Crippen LogP contribution in [0.3, 0.4) is 0 Å². The molecular formula is C34H32ClF2N3O7. The van der Waals surface area contributed by atoms with Crippen LogP contribution in [0.1, 0.15) is 38.3 Å². The summed E-state index contributed by atoms with van der Waals surface area (Å²) in [5.74, 6) is -1.16. The Morgan fingerprint density at radius 2 is 1.85 bits per heavy atom. The average Bonchev–Trinajstić information content (AvgIpc) is 3.03. The first kappa shape index (κ1) is 33.6. The minimum Gasteiger partial charge on any atom is -0.497 e. The number of aliphatic hydroxyl groups excluding tert-OH is 1. The van der Waals surface area contributed by atoms with Gasteiger partial charge in [-0.15, -0.1) is 0 Å². The Bertz CT molecular complexity index is 1890. The van der Waals surface area contributed by atoms with Gasteiger partial charge in [-0.1, -0.05) is 29.8 Å². The number of nitro groups is 1. The predicted octanol–water partition coefficient (Wildman–Crippen LogP) is 7.72. The molecule has 0 spiro atoms. The zero-order chi connectivity index (χ0) is 34.0. The summed E-state index contributed by atoms with van der Waals surface area (Å²) in [5.41, 5.74) is -0.662. The first-order valence-electron chi connectivity index (χ1n) is 14.6. The van der Waals surface area contributed by atoms with Crippen molar-refractivity contribution in [2.75, 3.05) is 26.8 Å². The van der Waals surface area contributed by atoms with Gasteiger partial charge in [0.05, 0.1) is 34.8 Å². The van der Waals surface area contributed by atoms with Crippen molar-refractivity contribution in [2.24, 2.45) is 0 Å². The zero-order valence-corrected chi connectivity index (χ0v) is 26.9. The van der Waals surface area contributed by atoms with Gasteiger partial charge in [0.15, 0.2) is 5.82 Å². The number of ether oxygens (including phenoxy) is 3. The minimum absolute atomic E-state index is 0.00440. The molecule has 0 fully saturated rings. The van der Waals surface area contributed by atoms with Crippen molar-refractivity contribution in [1.82, 2.24) is 9.88 Å². The van der Waals surface area contributed by atoms with Crippen LogP contribution in [0.15, 0.2) is 60.3 Å². The highest BCUT2D eigenvalue weighted by Crippen LogP contribution is 2.45. The van der Waals surface area contributed by atoms with Crippen LogP contribution in [0.4, 0.5) is 19.3 Å². The summed E-state index contributed by atoms with van der Waals surface area (Å²) in [6, 6.07) is 12.4. The first-order valence-corrected chi connectivity index (χ1v) is 15.0. The summed E-state index contributed by atoms with van der Waals surface area (Å²) in [4.78, 5) is 29.7. The quantitative estimate of drug-likeness (QED) is 0.150. The molecule has 0 bridgehead atoms. The Morgan fingerprint density at radius 1 is 1.13 bits per heavy atom. The molecular weight excluding hydrogens is 636 g/mol. The minimum atomic E-state index is -1.01. The maximum atomic E-state index is 16.5. The molecule has 1 aliphatic rings. The monoisotopic (exact) mass is 667 g/mol. The van der Waals surface area contributed by atoms with Gasteiger partial charge in [0.2, 0.25) is 0 Å². The van der Waals surface area contributed by atoms with E-state index in [9.17, 15) is 20.0 Å². The van der Waals surface area contributed by atoms with E-state index < -0.39 is 40.5 Å². The normalized spacial score (nSPS) is 13.6. The van der Waals surface area contributed by atoms with Crippen molar-refractivity contribution < 1.29 is 37.8 Å². The van der Waals surface area contributed by atoms with Gasteiger partial charge >= 0.3 is 6.09 Å². The second-order valence-corrected chi connectivity index (χ2v) is 12.3. The van der Waals surface area contributed by atoms with Gasteiger partial charge in [-0.05, 0) is 74.2 Å². The van der Waals surface area contributed by atoms with Crippen molar-refractivity contribution >= 4 is 39.9 Å². The Hall–Kier alpha value is -4.81. The van der Waals surface area contributed by atoms with Crippen molar-refractivity contribution in [3.05, 3.63) is 98.2 Å². The largest absolute Gasteiger partial charge is 0.497 e. The summed E-state index contributed by atoms with van der Waals surface area (Å²) in [6.45, 7) is 4.71. The number of benzene rings is 3. The van der Waals surface area contributed by atoms with Crippen LogP contribution in [-0.4, -0.2) is 58.4 Å². The van der Waals surface area contributed by atoms with E-state index in [1.165, 1.54) is 23.1 Å². The number of pyridine rings is 1. The fraction of sp³-hybridized carbons (Fsp3) is 0.294. The van der Waals surface area contributed by atoms with Crippen molar-refractivity contribution in [1.29, 1.82) is 0 Å². The van der Waals surface area contributed by atoms with E-state index in [-0.39, 0.29) is 64.5 Å². The molecule has 4 aromatic rings. The first-order chi connectivity index (χ1) is 22.3. The fourth-order valence-corrected chi connectivity index (χ4v) is 5.73. The van der Waals surface area contributed by atoms with Gasteiger partial charge in [0.1, 0.15) is 41.2 Å². The Kier molecular flexibility index (Phi) is 9.64. The van der Waals surface area contributed by atoms with E-state index in [1.54, 1.807) is 52.1 Å². The third-order valence-electron chi connectivity index (χ3n) is 7.59. The number of aromatic nitrogens is 1. The van der Waals surface area contributed by atoms with Crippen molar-refractivity contribution in [3.63, 3.8) is 0 Å². The number of fused-ring (bicyclic) bond motifs is 1. The molecule has 1 aliphatic heterocycles. The van der Waals surface area contributed by atoms with Gasteiger partial charge in [0.25, 0.3) is 5.69 Å². The maximum Gasteiger partial charge on any atom is 0.410 e. The van der Waals surface area contributed by atoms with Crippen LogP contribution in [0, 0.1) is 21.7 Å². The highest BCUT2D eigenvalue weighted by Gasteiger charge is 2.33. The molecule has 13 heteroatoms. The Balaban J connectivity index is 1.61. The standard InChI is InChI=1S/C34H32ClF2N3O7/c1-34(2,3)47-33(42)39-13-12-22(20(16-39)17-41)28-23-14-24(35)29(31(37)32(23)38-15-26(28)40(43)44)30-25(36)6-5-7-27(30)46-18-19-8-10-21(45-4)11-9-19/h5-11,14-15,41H,12-13,16-18H2,1-4H3. The molecule has 1 aromatic heterocycles. The summed E-state index contributed by atoms with van der Waals surface area (Å²) < 4.78 is 48.5. The molecule has 0 saturated carbocycles. The smallest absolute Gasteiger partial charge is 0.410 e. The highest BCUT2D eigenvalue weighted by molar-refractivity contribution is 6.34. The maximum absolute atomic E-state index is 16.5. The Morgan fingerprint density at radius 3 is 2.49 bits per heavy atom. The van der Waals surface area contributed by atoms with Gasteiger partial charge in [0, 0.05) is 24.0 Å². The van der Waals surface area contributed by atoms with Gasteiger partial charge < -0.3 is 24.2 Å². The molecule has 0 radical (unpaired) electrons. The summed E-state index contributed by atoms with van der Waals surface area (Å²) in [5, 5.41) is 22.2. The zero-order valence-electron chi connectivity index (χ0n) is 26.1. The third kappa shape index (κ3) is 6.98. The molecule has 3 aromatic carbocycles. The van der Waals surface area contributed by atoms with Crippen molar-refractivity contribution in [2.45, 2.75) is 39.4 Å². The number of amides is 1. The highest BCUT2D eigenvalue weighted by atomic mass is 35.5. The molecule has 0 unspecified atom stereocenters. The lowest BCUT2D eigenvalue weighted by Crippen LogP contribution is -2.41. The van der Waals surface area contributed by atoms with Crippen LogP contribution >= 0.6 is 11.6 Å². The number of halogens is 3. The fourth-order valence-electron chi connectivity index (χ4n) is 5.45. The van der Waals surface area contributed by atoms with E-state index in [0.717, 1.165) is 17.8 Å². The third-order valence-corrected chi connectivity index (χ3v) is 7.89. The number of nitrogens with zero attached hydrogens (tertiary/aromatic N) is 3. The number of methoxy groups -OCH3 is 1. The van der Waals surface area contributed by atoms with Gasteiger partial charge in [-0.2, -0.15) is 0 Å². The molecule has 1 N–H and O–H groups in total. The Labute approximate surface area is 274 Å². The number of hydrogen-bond donors (Lipinski definition) is 1. The van der Waals surface area contributed by atoms with E-state index in [1.807, 2.05) is 0 Å². The number of hydrogen-bond acceptors (Lipinski definition) is 8. The van der Waals surface area contributed by atoms with Crippen LogP contribution in [0.5, 0.6) is 11.5 Å². The second kappa shape index (κ2) is 13.5. The van der Waals surface area contributed by atoms with Crippen LogP contribution in [0.2, 0.25) is 5.02 Å². The van der Waals surface area contributed by atoms with Crippen LogP contribution in [0.25, 0.3) is 27.6 Å². The van der Waals surface area contributed by atoms with E-state index in [0.29, 0.717) is 16.9 Å². The van der Waals surface area contributed by atoms with Gasteiger partial charge in [-0.3, -0.25) is 10.1 Å². The molecule has 2 heterocycles. The molecule has 47 heavy (non-hydrogen) atoms.